The largest absolute Gasteiger partial charge is 0.496 e. The van der Waals surface area contributed by atoms with E-state index in [0.717, 1.165) is 16.9 Å². The number of hydrogen-bond acceptors (Lipinski definition) is 4. The Morgan fingerprint density at radius 3 is 2.95 bits per heavy atom. The summed E-state index contributed by atoms with van der Waals surface area (Å²) in [6, 6.07) is 5.26. The first-order chi connectivity index (χ1) is 10.5. The number of allylic oxidation sites excluding steroid dienone is 1. The molecule has 1 heterocycles. The topological polar surface area (TPSA) is 70.0 Å². The summed E-state index contributed by atoms with van der Waals surface area (Å²) in [5, 5.41) is 19.0. The number of aliphatic carboxylic acids is 1. The number of nitrogens with zero attached hydrogens (tertiary/aromatic N) is 1. The fourth-order valence-electron chi connectivity index (χ4n) is 2.92. The Labute approximate surface area is 130 Å². The molecule has 1 aliphatic rings. The number of aliphatic hydroxyl groups is 1. The quantitative estimate of drug-likeness (QED) is 0.785. The third-order valence-corrected chi connectivity index (χ3v) is 4.07. The summed E-state index contributed by atoms with van der Waals surface area (Å²) in [4.78, 5) is 13.3. The molecule has 5 heteroatoms. The summed E-state index contributed by atoms with van der Waals surface area (Å²) in [7, 11) is 1.63. The van der Waals surface area contributed by atoms with Gasteiger partial charge in [-0.25, -0.2) is 0 Å². The molecule has 0 unspecified atom stereocenters. The first-order valence-electron chi connectivity index (χ1n) is 7.46. The molecule has 0 spiro atoms. The minimum Gasteiger partial charge on any atom is -0.496 e. The van der Waals surface area contributed by atoms with Crippen molar-refractivity contribution in [1.82, 2.24) is 4.90 Å². The van der Waals surface area contributed by atoms with Crippen LogP contribution in [0.1, 0.15) is 24.0 Å². The van der Waals surface area contributed by atoms with Crippen molar-refractivity contribution in [3.63, 3.8) is 0 Å². The standard InChI is InChI=1S/C17H23NO4/c1-3-4-13-9-12(5-6-16(13)22-2)11-18-8-7-14(19)10-15(18)17(20)21/h3,5-6,9,14-15,19H,1,4,7-8,10-11H2,2H3,(H,20,21)/t14-,15+/m1/s1. The van der Waals surface area contributed by atoms with Crippen molar-refractivity contribution in [2.24, 2.45) is 0 Å². The second kappa shape index (κ2) is 7.42. The molecule has 0 saturated carbocycles. The van der Waals surface area contributed by atoms with Gasteiger partial charge in [0.2, 0.25) is 0 Å². The molecule has 0 bridgehead atoms. The number of piperidine rings is 1. The van der Waals surface area contributed by atoms with Gasteiger partial charge in [0.1, 0.15) is 11.8 Å². The van der Waals surface area contributed by atoms with Crippen molar-refractivity contribution in [2.45, 2.75) is 38.0 Å². The number of benzene rings is 1. The third-order valence-electron chi connectivity index (χ3n) is 4.07. The Hall–Kier alpha value is -1.85. The van der Waals surface area contributed by atoms with Crippen LogP contribution in [0.15, 0.2) is 30.9 Å². The number of ether oxygens (including phenoxy) is 1. The number of carboxylic acids is 1. The van der Waals surface area contributed by atoms with Gasteiger partial charge in [0.25, 0.3) is 0 Å². The molecule has 120 valence electrons. The van der Waals surface area contributed by atoms with Gasteiger partial charge < -0.3 is 14.9 Å². The van der Waals surface area contributed by atoms with Gasteiger partial charge in [-0.1, -0.05) is 18.2 Å². The van der Waals surface area contributed by atoms with Gasteiger partial charge in [-0.15, -0.1) is 6.58 Å². The summed E-state index contributed by atoms with van der Waals surface area (Å²) in [6.07, 6.45) is 2.89. The summed E-state index contributed by atoms with van der Waals surface area (Å²) in [5.74, 6) is -0.0638. The Bertz CT molecular complexity index is 543. The summed E-state index contributed by atoms with van der Waals surface area (Å²) >= 11 is 0. The van der Waals surface area contributed by atoms with Crippen molar-refractivity contribution in [3.05, 3.63) is 42.0 Å². The average molecular weight is 305 g/mol. The van der Waals surface area contributed by atoms with Crippen LogP contribution in [0.25, 0.3) is 0 Å². The van der Waals surface area contributed by atoms with Crippen LogP contribution in [-0.4, -0.2) is 46.9 Å². The maximum Gasteiger partial charge on any atom is 0.321 e. The van der Waals surface area contributed by atoms with E-state index in [0.29, 0.717) is 25.9 Å². The fourth-order valence-corrected chi connectivity index (χ4v) is 2.92. The van der Waals surface area contributed by atoms with Gasteiger partial charge >= 0.3 is 5.97 Å². The molecule has 0 amide bonds. The number of hydrogen-bond donors (Lipinski definition) is 2. The van der Waals surface area contributed by atoms with Crippen LogP contribution in [0.5, 0.6) is 5.75 Å². The van der Waals surface area contributed by atoms with Crippen LogP contribution in [0, 0.1) is 0 Å². The van der Waals surface area contributed by atoms with Crippen molar-refractivity contribution in [1.29, 1.82) is 0 Å². The molecular weight excluding hydrogens is 282 g/mol. The second-order valence-corrected chi connectivity index (χ2v) is 5.64. The Morgan fingerprint density at radius 1 is 1.55 bits per heavy atom. The normalized spacial score (nSPS) is 22.3. The number of methoxy groups -OCH3 is 1. The summed E-state index contributed by atoms with van der Waals surface area (Å²) < 4.78 is 5.33. The van der Waals surface area contributed by atoms with E-state index >= 15 is 0 Å². The maximum absolute atomic E-state index is 11.4. The van der Waals surface area contributed by atoms with Crippen LogP contribution in [0.3, 0.4) is 0 Å². The zero-order valence-corrected chi connectivity index (χ0v) is 12.9. The number of carboxylic acid groups (broad SMARTS) is 1. The zero-order valence-electron chi connectivity index (χ0n) is 12.9. The van der Waals surface area contributed by atoms with E-state index in [1.165, 1.54) is 0 Å². The monoisotopic (exact) mass is 305 g/mol. The minimum atomic E-state index is -0.876. The second-order valence-electron chi connectivity index (χ2n) is 5.64. The molecule has 2 rings (SSSR count). The van der Waals surface area contributed by atoms with Crippen LogP contribution in [0.2, 0.25) is 0 Å². The molecule has 5 nitrogen and oxygen atoms in total. The van der Waals surface area contributed by atoms with E-state index < -0.39 is 18.1 Å². The average Bonchev–Trinajstić information content (AvgIpc) is 2.49. The lowest BCUT2D eigenvalue weighted by molar-refractivity contribution is -0.146. The minimum absolute atomic E-state index is 0.283. The Morgan fingerprint density at radius 2 is 2.32 bits per heavy atom. The predicted molar refractivity (Wildman–Crippen MR) is 84.0 cm³/mol. The molecule has 0 radical (unpaired) electrons. The van der Waals surface area contributed by atoms with Crippen LogP contribution in [0.4, 0.5) is 0 Å². The van der Waals surface area contributed by atoms with E-state index in [1.807, 2.05) is 29.2 Å². The van der Waals surface area contributed by atoms with Gasteiger partial charge in [-0.2, -0.15) is 0 Å². The lowest BCUT2D eigenvalue weighted by Gasteiger charge is -2.35. The predicted octanol–water partition coefficient (Wildman–Crippen LogP) is 1.83. The third kappa shape index (κ3) is 3.87. The van der Waals surface area contributed by atoms with Gasteiger partial charge in [-0.05, 0) is 36.5 Å². The first-order valence-corrected chi connectivity index (χ1v) is 7.46. The molecule has 1 aliphatic heterocycles. The smallest absolute Gasteiger partial charge is 0.321 e. The summed E-state index contributed by atoms with van der Waals surface area (Å²) in [6.45, 7) is 4.89. The number of rotatable bonds is 6. The number of likely N-dealkylation sites (tertiary alicyclic amines) is 1. The van der Waals surface area contributed by atoms with Gasteiger partial charge in [0.05, 0.1) is 13.2 Å². The van der Waals surface area contributed by atoms with Gasteiger partial charge in [0.15, 0.2) is 0 Å². The Balaban J connectivity index is 2.16. The van der Waals surface area contributed by atoms with E-state index in [1.54, 1.807) is 7.11 Å². The van der Waals surface area contributed by atoms with Crippen molar-refractivity contribution < 1.29 is 19.7 Å². The number of aliphatic hydroxyl groups excluding tert-OH is 1. The Kier molecular flexibility index (Phi) is 5.57. The molecule has 22 heavy (non-hydrogen) atoms. The van der Waals surface area contributed by atoms with E-state index in [4.69, 9.17) is 4.74 Å². The van der Waals surface area contributed by atoms with E-state index in [2.05, 4.69) is 6.58 Å². The molecule has 2 N–H and O–H groups in total. The van der Waals surface area contributed by atoms with Crippen LogP contribution in [-0.2, 0) is 17.8 Å². The van der Waals surface area contributed by atoms with Crippen LogP contribution < -0.4 is 4.74 Å². The molecule has 1 saturated heterocycles. The van der Waals surface area contributed by atoms with Crippen molar-refractivity contribution in [3.8, 4) is 5.75 Å². The van der Waals surface area contributed by atoms with Gasteiger partial charge in [-0.3, -0.25) is 9.69 Å². The lowest BCUT2D eigenvalue weighted by Crippen LogP contribution is -2.48. The highest BCUT2D eigenvalue weighted by Gasteiger charge is 2.32. The first kappa shape index (κ1) is 16.5. The molecule has 0 aliphatic carbocycles. The van der Waals surface area contributed by atoms with Crippen molar-refractivity contribution in [2.75, 3.05) is 13.7 Å². The zero-order chi connectivity index (χ0) is 16.1. The highest BCUT2D eigenvalue weighted by molar-refractivity contribution is 5.73. The molecule has 1 fully saturated rings. The lowest BCUT2D eigenvalue weighted by atomic mass is 9.98. The van der Waals surface area contributed by atoms with Crippen molar-refractivity contribution >= 4 is 5.97 Å². The summed E-state index contributed by atoms with van der Waals surface area (Å²) in [5.41, 5.74) is 2.08. The van der Waals surface area contributed by atoms with Gasteiger partial charge in [0, 0.05) is 13.1 Å². The molecule has 2 atom stereocenters. The van der Waals surface area contributed by atoms with E-state index in [-0.39, 0.29) is 6.42 Å². The molecule has 1 aromatic carbocycles. The highest BCUT2D eigenvalue weighted by atomic mass is 16.5. The SMILES string of the molecule is C=CCc1cc(CN2CC[C@@H](O)C[C@H]2C(=O)O)ccc1OC. The van der Waals surface area contributed by atoms with Crippen LogP contribution >= 0.6 is 0 Å². The maximum atomic E-state index is 11.4. The van der Waals surface area contributed by atoms with E-state index in [9.17, 15) is 15.0 Å². The highest BCUT2D eigenvalue weighted by Crippen LogP contribution is 2.24. The molecular formula is C17H23NO4. The fraction of sp³-hybridized carbons (Fsp3) is 0.471. The molecule has 0 aromatic heterocycles. The molecule has 1 aromatic rings. The number of carbonyl (C=O) groups is 1.